The zero-order chi connectivity index (χ0) is 30.9. The van der Waals surface area contributed by atoms with E-state index in [9.17, 15) is 19.2 Å². The molecule has 1 fully saturated rings. The van der Waals surface area contributed by atoms with E-state index in [2.05, 4.69) is 20.9 Å². The second kappa shape index (κ2) is 14.4. The first-order valence-electron chi connectivity index (χ1n) is 14.5. The molecule has 3 N–H and O–H groups in total. The Balaban J connectivity index is 1.81. The first-order chi connectivity index (χ1) is 19.8. The van der Waals surface area contributed by atoms with Gasteiger partial charge in [-0.25, -0.2) is 4.79 Å². The number of nitrogens with one attached hydrogen (secondary N) is 3. The summed E-state index contributed by atoms with van der Waals surface area (Å²) in [6, 6.07) is 10.4. The van der Waals surface area contributed by atoms with E-state index in [0.717, 1.165) is 11.1 Å². The van der Waals surface area contributed by atoms with E-state index in [1.54, 1.807) is 52.2 Å². The number of Topliss-reactive ketones (excluding diaryl/α,β-unsaturated/α-hetero) is 1. The number of epoxide rings is 1. The van der Waals surface area contributed by atoms with Gasteiger partial charge in [-0.3, -0.25) is 19.4 Å². The van der Waals surface area contributed by atoms with Crippen molar-refractivity contribution in [3.8, 4) is 0 Å². The van der Waals surface area contributed by atoms with Crippen LogP contribution < -0.4 is 16.0 Å². The lowest BCUT2D eigenvalue weighted by Gasteiger charge is -2.27. The molecule has 0 aliphatic carbocycles. The molecule has 10 nitrogen and oxygen atoms in total. The highest BCUT2D eigenvalue weighted by molar-refractivity contribution is 5.98. The number of aryl methyl sites for hydroxylation is 1. The lowest BCUT2D eigenvalue weighted by Crippen LogP contribution is -2.57. The number of hydrogen-bond donors (Lipinski definition) is 3. The lowest BCUT2D eigenvalue weighted by atomic mass is 9.93. The zero-order valence-electron chi connectivity index (χ0n) is 25.4. The van der Waals surface area contributed by atoms with Crippen LogP contribution in [0.15, 0.2) is 54.9 Å². The summed E-state index contributed by atoms with van der Waals surface area (Å²) < 4.78 is 10.8. The molecule has 4 atom stereocenters. The smallest absolute Gasteiger partial charge is 0.408 e. The fraction of sp³-hybridized carbons (Fsp3) is 0.531. The van der Waals surface area contributed by atoms with Gasteiger partial charge in [-0.05, 0) is 76.1 Å². The number of amides is 3. The Hall–Kier alpha value is -3.79. The molecule has 228 valence electrons. The summed E-state index contributed by atoms with van der Waals surface area (Å²) in [6.07, 6.45) is 3.87. The highest BCUT2D eigenvalue weighted by atomic mass is 16.6. The Labute approximate surface area is 248 Å². The summed E-state index contributed by atoms with van der Waals surface area (Å²) in [5.41, 5.74) is 0.110. The maximum absolute atomic E-state index is 13.7. The number of alkyl carbamates (subject to hydrolysis) is 1. The predicted octanol–water partition coefficient (Wildman–Crippen LogP) is 3.52. The topological polar surface area (TPSA) is 139 Å². The molecule has 1 aliphatic rings. The number of ether oxygens (including phenoxy) is 2. The van der Waals surface area contributed by atoms with Gasteiger partial charge >= 0.3 is 6.09 Å². The van der Waals surface area contributed by atoms with Crippen LogP contribution in [0.4, 0.5) is 4.79 Å². The van der Waals surface area contributed by atoms with Gasteiger partial charge in [0.1, 0.15) is 23.3 Å². The van der Waals surface area contributed by atoms with Gasteiger partial charge in [0.2, 0.25) is 11.8 Å². The number of nitrogens with zero attached hydrogens (tertiary/aromatic N) is 1. The van der Waals surface area contributed by atoms with Crippen molar-refractivity contribution in [2.24, 2.45) is 5.92 Å². The molecule has 3 amide bonds. The maximum atomic E-state index is 13.7. The number of hydrogen-bond acceptors (Lipinski definition) is 7. The molecule has 0 spiro atoms. The molecule has 1 aromatic carbocycles. The monoisotopic (exact) mass is 580 g/mol. The Morgan fingerprint density at radius 1 is 0.905 bits per heavy atom. The summed E-state index contributed by atoms with van der Waals surface area (Å²) in [4.78, 5) is 57.2. The average molecular weight is 581 g/mol. The maximum Gasteiger partial charge on any atom is 0.408 e. The van der Waals surface area contributed by atoms with E-state index in [0.29, 0.717) is 19.4 Å². The van der Waals surface area contributed by atoms with Gasteiger partial charge < -0.3 is 25.4 Å². The van der Waals surface area contributed by atoms with Crippen LogP contribution in [0.25, 0.3) is 0 Å². The lowest BCUT2D eigenvalue weighted by molar-refractivity contribution is -0.133. The van der Waals surface area contributed by atoms with Gasteiger partial charge in [0, 0.05) is 18.8 Å². The Bertz CT molecular complexity index is 1210. The number of carbonyl (C=O) groups excluding carboxylic acids is 4. The van der Waals surface area contributed by atoms with Crippen molar-refractivity contribution >= 4 is 23.7 Å². The predicted molar refractivity (Wildman–Crippen MR) is 159 cm³/mol. The van der Waals surface area contributed by atoms with Gasteiger partial charge in [0.25, 0.3) is 0 Å². The molecule has 0 unspecified atom stereocenters. The highest BCUT2D eigenvalue weighted by Crippen LogP contribution is 2.29. The zero-order valence-corrected chi connectivity index (χ0v) is 25.4. The van der Waals surface area contributed by atoms with Gasteiger partial charge in [-0.2, -0.15) is 0 Å². The molecule has 10 heteroatoms. The SMILES string of the molecule is CC(C)C[C@H](NC(=O)[C@H](Cc1ccncc1)NC(=O)[C@H](CCc1ccccc1)NC(=O)OC(C)(C)C)C(=O)[C@@]1(C)CO1. The molecule has 1 saturated heterocycles. The molecule has 1 aromatic heterocycles. The molecule has 0 radical (unpaired) electrons. The van der Waals surface area contributed by atoms with Crippen molar-refractivity contribution in [3.63, 3.8) is 0 Å². The number of ketones is 1. The minimum atomic E-state index is -1.02. The third-order valence-electron chi connectivity index (χ3n) is 6.83. The molecule has 1 aliphatic heterocycles. The van der Waals surface area contributed by atoms with Gasteiger partial charge in [0.05, 0.1) is 12.6 Å². The second-order valence-electron chi connectivity index (χ2n) is 12.4. The number of aromatic nitrogens is 1. The van der Waals surface area contributed by atoms with E-state index in [1.807, 2.05) is 44.2 Å². The number of benzene rings is 1. The quantitative estimate of drug-likeness (QED) is 0.291. The van der Waals surface area contributed by atoms with Crippen LogP contribution in [0.2, 0.25) is 0 Å². The van der Waals surface area contributed by atoms with Crippen LogP contribution in [-0.4, -0.2) is 64.6 Å². The van der Waals surface area contributed by atoms with Crippen LogP contribution in [0, 0.1) is 5.92 Å². The largest absolute Gasteiger partial charge is 0.444 e. The fourth-order valence-corrected chi connectivity index (χ4v) is 4.50. The minimum Gasteiger partial charge on any atom is -0.444 e. The van der Waals surface area contributed by atoms with Crippen molar-refractivity contribution in [2.75, 3.05) is 6.61 Å². The van der Waals surface area contributed by atoms with Crippen molar-refractivity contribution in [1.29, 1.82) is 0 Å². The molecule has 3 rings (SSSR count). The highest BCUT2D eigenvalue weighted by Gasteiger charge is 2.50. The van der Waals surface area contributed by atoms with E-state index >= 15 is 0 Å². The van der Waals surface area contributed by atoms with Crippen molar-refractivity contribution in [1.82, 2.24) is 20.9 Å². The van der Waals surface area contributed by atoms with Crippen molar-refractivity contribution < 1.29 is 28.7 Å². The molecule has 2 heterocycles. The third kappa shape index (κ3) is 10.6. The molecular formula is C32H44N4O6. The van der Waals surface area contributed by atoms with Gasteiger partial charge in [-0.1, -0.05) is 44.2 Å². The van der Waals surface area contributed by atoms with E-state index in [-0.39, 0.29) is 24.5 Å². The van der Waals surface area contributed by atoms with Crippen LogP contribution >= 0.6 is 0 Å². The van der Waals surface area contributed by atoms with Gasteiger partial charge in [0.15, 0.2) is 5.78 Å². The summed E-state index contributed by atoms with van der Waals surface area (Å²) in [5.74, 6) is -1.08. The van der Waals surface area contributed by atoms with E-state index in [1.165, 1.54) is 0 Å². The number of rotatable bonds is 14. The summed E-state index contributed by atoms with van der Waals surface area (Å²) in [5, 5.41) is 8.40. The standard InChI is InChI=1S/C32H44N4O6/c1-21(2)18-25(27(37)32(6)20-41-32)34-29(39)26(19-23-14-16-33-17-15-23)35-28(38)24(36-30(40)42-31(3,4)5)13-12-22-10-8-7-9-11-22/h7-11,14-17,21,24-26H,12-13,18-20H2,1-6H3,(H,34,39)(H,35,38)(H,36,40)/t24-,25-,26-,32+/m0/s1. The van der Waals surface area contributed by atoms with Crippen LogP contribution in [0.5, 0.6) is 0 Å². The fourth-order valence-electron chi connectivity index (χ4n) is 4.50. The minimum absolute atomic E-state index is 0.134. The van der Waals surface area contributed by atoms with Gasteiger partial charge in [-0.15, -0.1) is 0 Å². The third-order valence-corrected chi connectivity index (χ3v) is 6.83. The Morgan fingerprint density at radius 3 is 2.07 bits per heavy atom. The number of carbonyl (C=O) groups is 4. The van der Waals surface area contributed by atoms with E-state index in [4.69, 9.17) is 9.47 Å². The molecule has 42 heavy (non-hydrogen) atoms. The summed E-state index contributed by atoms with van der Waals surface area (Å²) in [6.45, 7) is 11.2. The normalized spacial score (nSPS) is 18.4. The first kappa shape index (κ1) is 32.7. The van der Waals surface area contributed by atoms with E-state index < -0.39 is 47.2 Å². The summed E-state index contributed by atoms with van der Waals surface area (Å²) >= 11 is 0. The van der Waals surface area contributed by atoms with Crippen LogP contribution in [0.3, 0.4) is 0 Å². The van der Waals surface area contributed by atoms with Crippen molar-refractivity contribution in [2.45, 2.75) is 96.6 Å². The molecule has 0 bridgehead atoms. The molecule has 0 saturated carbocycles. The Kier molecular flexibility index (Phi) is 11.2. The Morgan fingerprint density at radius 2 is 1.50 bits per heavy atom. The first-order valence-corrected chi connectivity index (χ1v) is 14.5. The average Bonchev–Trinajstić information content (AvgIpc) is 3.68. The molecular weight excluding hydrogens is 536 g/mol. The molecule has 2 aromatic rings. The van der Waals surface area contributed by atoms with Crippen LogP contribution in [0.1, 0.15) is 65.5 Å². The number of pyridine rings is 1. The van der Waals surface area contributed by atoms with Crippen molar-refractivity contribution in [3.05, 3.63) is 66.0 Å². The van der Waals surface area contributed by atoms with Crippen LogP contribution in [-0.2, 0) is 36.7 Å². The summed E-state index contributed by atoms with van der Waals surface area (Å²) in [7, 11) is 0. The second-order valence-corrected chi connectivity index (χ2v) is 12.4.